The zero-order chi connectivity index (χ0) is 18.0. The van der Waals surface area contributed by atoms with E-state index in [0.717, 1.165) is 11.1 Å². The maximum absolute atomic E-state index is 13.1. The van der Waals surface area contributed by atoms with Gasteiger partial charge in [-0.3, -0.25) is 4.28 Å². The van der Waals surface area contributed by atoms with Gasteiger partial charge in [0.2, 0.25) is 0 Å². The van der Waals surface area contributed by atoms with Gasteiger partial charge in [-0.25, -0.2) is 0 Å². The van der Waals surface area contributed by atoms with Crippen LogP contribution in [-0.4, -0.2) is 20.3 Å². The molecule has 0 atom stereocenters. The first-order valence-electron chi connectivity index (χ1n) is 6.82. The largest absolute Gasteiger partial charge is 0.437 e. The van der Waals surface area contributed by atoms with Gasteiger partial charge in [0.15, 0.2) is 5.71 Å². The van der Waals surface area contributed by atoms with Crippen LogP contribution in [0.4, 0.5) is 13.2 Å². The second kappa shape index (κ2) is 6.64. The smallest absolute Gasteiger partial charge is 0.264 e. The fourth-order valence-electron chi connectivity index (χ4n) is 1.81. The summed E-state index contributed by atoms with van der Waals surface area (Å²) < 4.78 is 67.6. The Hall–Kier alpha value is -2.35. The van der Waals surface area contributed by atoms with Gasteiger partial charge < -0.3 is 0 Å². The first-order valence-corrected chi connectivity index (χ1v) is 8.23. The lowest BCUT2D eigenvalue weighted by atomic mass is 10.1. The van der Waals surface area contributed by atoms with Gasteiger partial charge in [0.25, 0.3) is 0 Å². The molecule has 0 unspecified atom stereocenters. The molecule has 0 aliphatic carbocycles. The molecule has 0 fully saturated rings. The van der Waals surface area contributed by atoms with E-state index in [0.29, 0.717) is 0 Å². The van der Waals surface area contributed by atoms with Crippen molar-refractivity contribution in [3.05, 3.63) is 65.2 Å². The van der Waals surface area contributed by atoms with E-state index in [9.17, 15) is 21.6 Å². The number of rotatable bonds is 4. The molecule has 0 N–H and O–H groups in total. The van der Waals surface area contributed by atoms with Crippen molar-refractivity contribution in [1.82, 2.24) is 0 Å². The number of oxime groups is 1. The Morgan fingerprint density at radius 1 is 0.917 bits per heavy atom. The molecule has 4 nitrogen and oxygen atoms in total. The van der Waals surface area contributed by atoms with Crippen molar-refractivity contribution in [2.75, 3.05) is 0 Å². The SMILES string of the molecule is Cc1ccc(C(=NOS(=O)(=O)c2ccc(C)cc2)C(F)(F)F)cc1. The number of nitrogens with zero attached hydrogens (tertiary/aromatic N) is 1. The van der Waals surface area contributed by atoms with Crippen LogP contribution in [0.3, 0.4) is 0 Å². The Kier molecular flexibility index (Phi) is 4.98. The van der Waals surface area contributed by atoms with Crippen LogP contribution in [-0.2, 0) is 14.4 Å². The molecular formula is C16H14F3NO3S. The van der Waals surface area contributed by atoms with Crippen LogP contribution < -0.4 is 0 Å². The zero-order valence-electron chi connectivity index (χ0n) is 12.8. The fourth-order valence-corrected chi connectivity index (χ4v) is 2.54. The number of hydrogen-bond donors (Lipinski definition) is 0. The lowest BCUT2D eigenvalue weighted by Crippen LogP contribution is -2.25. The van der Waals surface area contributed by atoms with Crippen LogP contribution in [0, 0.1) is 13.8 Å². The van der Waals surface area contributed by atoms with E-state index in [4.69, 9.17) is 0 Å². The Bertz CT molecular complexity index is 840. The fraction of sp³-hybridized carbons (Fsp3) is 0.188. The molecule has 0 amide bonds. The third-order valence-corrected chi connectivity index (χ3v) is 4.25. The molecule has 0 saturated heterocycles. The standard InChI is InChI=1S/C16H14F3NO3S/c1-11-3-7-13(8-4-11)15(16(17,18)19)20-23-24(21,22)14-9-5-12(2)6-10-14/h3-10H,1-2H3. The minimum atomic E-state index is -4.86. The Balaban J connectivity index is 2.37. The van der Waals surface area contributed by atoms with Gasteiger partial charge in [0, 0.05) is 5.56 Å². The minimum Gasteiger partial charge on any atom is -0.264 e. The van der Waals surface area contributed by atoms with Gasteiger partial charge >= 0.3 is 16.3 Å². The van der Waals surface area contributed by atoms with Crippen molar-refractivity contribution in [1.29, 1.82) is 0 Å². The van der Waals surface area contributed by atoms with Crippen molar-refractivity contribution in [3.8, 4) is 0 Å². The summed E-state index contributed by atoms with van der Waals surface area (Å²) >= 11 is 0. The second-order valence-electron chi connectivity index (χ2n) is 5.15. The molecule has 0 aliphatic heterocycles. The molecular weight excluding hydrogens is 343 g/mol. The first kappa shape index (κ1) is 18.0. The van der Waals surface area contributed by atoms with Gasteiger partial charge in [-0.05, 0) is 26.0 Å². The number of benzene rings is 2. The number of alkyl halides is 3. The van der Waals surface area contributed by atoms with Crippen molar-refractivity contribution >= 4 is 15.8 Å². The monoisotopic (exact) mass is 357 g/mol. The molecule has 0 aliphatic rings. The molecule has 0 spiro atoms. The number of hydrogen-bond acceptors (Lipinski definition) is 4. The third kappa shape index (κ3) is 4.35. The van der Waals surface area contributed by atoms with Gasteiger partial charge in [-0.2, -0.15) is 21.6 Å². The lowest BCUT2D eigenvalue weighted by molar-refractivity contribution is -0.0597. The molecule has 0 saturated carbocycles. The highest BCUT2D eigenvalue weighted by molar-refractivity contribution is 7.86. The van der Waals surface area contributed by atoms with Gasteiger partial charge in [0.1, 0.15) is 4.90 Å². The summed E-state index contributed by atoms with van der Waals surface area (Å²) in [7, 11) is -4.44. The van der Waals surface area contributed by atoms with Crippen LogP contribution in [0.5, 0.6) is 0 Å². The van der Waals surface area contributed by atoms with Gasteiger partial charge in [0.05, 0.1) is 0 Å². The average molecular weight is 357 g/mol. The maximum Gasteiger partial charge on any atom is 0.437 e. The summed E-state index contributed by atoms with van der Waals surface area (Å²) in [4.78, 5) is -0.276. The molecule has 0 radical (unpaired) electrons. The summed E-state index contributed by atoms with van der Waals surface area (Å²) in [6.45, 7) is 3.46. The average Bonchev–Trinajstić information content (AvgIpc) is 2.48. The lowest BCUT2D eigenvalue weighted by Gasteiger charge is -2.10. The Morgan fingerprint density at radius 3 is 1.83 bits per heavy atom. The van der Waals surface area contributed by atoms with Crippen LogP contribution in [0.15, 0.2) is 58.6 Å². The van der Waals surface area contributed by atoms with E-state index in [1.54, 1.807) is 13.8 Å². The highest BCUT2D eigenvalue weighted by Gasteiger charge is 2.38. The molecule has 2 aromatic rings. The van der Waals surface area contributed by atoms with Crippen molar-refractivity contribution in [3.63, 3.8) is 0 Å². The second-order valence-corrected chi connectivity index (χ2v) is 6.67. The van der Waals surface area contributed by atoms with Crippen LogP contribution in [0.25, 0.3) is 0 Å². The molecule has 2 aromatic carbocycles. The molecule has 8 heteroatoms. The Morgan fingerprint density at radius 2 is 1.38 bits per heavy atom. The first-order chi connectivity index (χ1) is 11.1. The zero-order valence-corrected chi connectivity index (χ0v) is 13.6. The van der Waals surface area contributed by atoms with E-state index in [1.807, 2.05) is 0 Å². The topological polar surface area (TPSA) is 55.7 Å². The number of aryl methyl sites for hydroxylation is 2. The normalized spacial score (nSPS) is 13.0. The summed E-state index contributed by atoms with van der Waals surface area (Å²) in [5.74, 6) is 0. The van der Waals surface area contributed by atoms with Crippen molar-refractivity contribution in [2.45, 2.75) is 24.9 Å². The summed E-state index contributed by atoms with van der Waals surface area (Å²) in [5, 5.41) is 2.87. The van der Waals surface area contributed by atoms with Crippen LogP contribution in [0.1, 0.15) is 16.7 Å². The van der Waals surface area contributed by atoms with E-state index in [-0.39, 0.29) is 10.5 Å². The molecule has 24 heavy (non-hydrogen) atoms. The van der Waals surface area contributed by atoms with Gasteiger partial charge in [-0.15, -0.1) is 0 Å². The third-order valence-electron chi connectivity index (χ3n) is 3.13. The predicted molar refractivity (Wildman–Crippen MR) is 83.2 cm³/mol. The van der Waals surface area contributed by atoms with Crippen molar-refractivity contribution in [2.24, 2.45) is 5.16 Å². The molecule has 0 aromatic heterocycles. The predicted octanol–water partition coefficient (Wildman–Crippen LogP) is 3.98. The summed E-state index contributed by atoms with van der Waals surface area (Å²) in [6, 6.07) is 10.8. The molecule has 2 rings (SSSR count). The molecule has 0 bridgehead atoms. The van der Waals surface area contributed by atoms with E-state index in [2.05, 4.69) is 9.44 Å². The molecule has 0 heterocycles. The highest BCUT2D eigenvalue weighted by Crippen LogP contribution is 2.24. The quantitative estimate of drug-likeness (QED) is 0.614. The van der Waals surface area contributed by atoms with Crippen LogP contribution >= 0.6 is 0 Å². The molecule has 128 valence electrons. The summed E-state index contributed by atoms with van der Waals surface area (Å²) in [6.07, 6.45) is -4.86. The summed E-state index contributed by atoms with van der Waals surface area (Å²) in [5.41, 5.74) is -0.146. The highest BCUT2D eigenvalue weighted by atomic mass is 32.2. The minimum absolute atomic E-state index is 0.276. The van der Waals surface area contributed by atoms with E-state index < -0.39 is 22.0 Å². The van der Waals surface area contributed by atoms with Crippen molar-refractivity contribution < 1.29 is 25.9 Å². The Labute approximate surface area is 137 Å². The van der Waals surface area contributed by atoms with E-state index in [1.165, 1.54) is 48.5 Å². The van der Waals surface area contributed by atoms with E-state index >= 15 is 0 Å². The van der Waals surface area contributed by atoms with Crippen LogP contribution in [0.2, 0.25) is 0 Å². The number of halogens is 3. The van der Waals surface area contributed by atoms with Gasteiger partial charge in [-0.1, -0.05) is 52.7 Å². The maximum atomic E-state index is 13.1.